The molecule has 0 aliphatic heterocycles. The van der Waals surface area contributed by atoms with Crippen molar-refractivity contribution in [2.24, 2.45) is 11.5 Å². The molecule has 0 aromatic heterocycles. The van der Waals surface area contributed by atoms with Crippen molar-refractivity contribution in [2.75, 3.05) is 10.6 Å². The van der Waals surface area contributed by atoms with Gasteiger partial charge >= 0.3 is 72.0 Å². The van der Waals surface area contributed by atoms with Gasteiger partial charge in [0.05, 0.1) is 11.4 Å². The van der Waals surface area contributed by atoms with Gasteiger partial charge in [-0.05, 0) is 72.8 Å². The van der Waals surface area contributed by atoms with Crippen molar-refractivity contribution >= 4 is 46.0 Å². The summed E-state index contributed by atoms with van der Waals surface area (Å²) in [6.07, 6.45) is 0. The van der Waals surface area contributed by atoms with Gasteiger partial charge in [0.25, 0.3) is 0 Å². The van der Waals surface area contributed by atoms with E-state index in [1.165, 1.54) is 0 Å². The van der Waals surface area contributed by atoms with Gasteiger partial charge < -0.3 is 5.48 Å². The Morgan fingerprint density at radius 2 is 0.545 bits per heavy atom. The normalized spacial score (nSPS) is 10.1. The fraction of sp³-hybridized carbons (Fsp3) is 0. The Morgan fingerprint density at radius 3 is 0.727 bits per heavy atom. The van der Waals surface area contributed by atoms with Crippen LogP contribution in [-0.4, -0.2) is 17.4 Å². The molecule has 0 radical (unpaired) electrons. The van der Waals surface area contributed by atoms with Crippen molar-refractivity contribution in [1.82, 2.24) is 9.15 Å². The van der Waals surface area contributed by atoms with Gasteiger partial charge in [0.1, 0.15) is 22.7 Å². The standard InChI is InChI=1S/2C19H17N3.H2O.8O.2Re/c2*20-19(21-16-10-4-1-5-11-16)22(17-12-6-2-7-13-17)18-14-8-3-9-15-18;;;;;;;;;;;/h2*1-15H,(H2,20,21);1H2;;;;;;;;;;/q;;;;;;;;;2*-1;;/p+2. The number of nitrogens with two attached hydrogens (primary N) is 2. The van der Waals surface area contributed by atoms with Crippen LogP contribution in [-0.2, 0) is 52.4 Å². The van der Waals surface area contributed by atoms with Gasteiger partial charge in [0.2, 0.25) is 0 Å². The third-order valence-electron chi connectivity index (χ3n) is 6.63. The first kappa shape index (κ1) is 45.0. The molecule has 0 fully saturated rings. The molecule has 0 saturated heterocycles. The maximum absolute atomic E-state index is 8.64. The Kier molecular flexibility index (Phi) is 18.7. The molecule has 8 N–H and O–H groups in total. The van der Waals surface area contributed by atoms with E-state index in [9.17, 15) is 0 Å². The SMILES string of the molecule is NC(Nc1ccccc1)=[N+](c1ccccc1)c1ccccc1.NC(Nc1ccccc1)=[N+](c1ccccc1)c1ccccc1.O.[O]=[Re](=[O])(=[O])[O-].[O]=[Re](=[O])(=[O])[O-]. The van der Waals surface area contributed by atoms with Gasteiger partial charge in [-0.25, -0.2) is 10.6 Å². The Hall–Kier alpha value is -6.14. The van der Waals surface area contributed by atoms with Crippen LogP contribution in [0.2, 0.25) is 0 Å². The number of nitrogens with one attached hydrogen (secondary N) is 2. The van der Waals surface area contributed by atoms with E-state index >= 15 is 0 Å². The summed E-state index contributed by atoms with van der Waals surface area (Å²) < 4.78 is 73.1. The molecule has 55 heavy (non-hydrogen) atoms. The average molecular weight is 1100 g/mol. The monoisotopic (exact) mass is 1100 g/mol. The summed E-state index contributed by atoms with van der Waals surface area (Å²) in [6.45, 7) is 0. The van der Waals surface area contributed by atoms with E-state index in [0.29, 0.717) is 11.9 Å². The molecule has 6 aromatic rings. The molecule has 0 spiro atoms. The topological polar surface area (TPSA) is 262 Å². The van der Waals surface area contributed by atoms with Gasteiger partial charge in [0, 0.05) is 0 Å². The zero-order valence-electron chi connectivity index (χ0n) is 28.9. The third kappa shape index (κ3) is 18.5. The van der Waals surface area contributed by atoms with Crippen LogP contribution in [0, 0.1) is 0 Å². The average Bonchev–Trinajstić information content (AvgIpc) is 3.13. The predicted octanol–water partition coefficient (Wildman–Crippen LogP) is 3.98. The Morgan fingerprint density at radius 1 is 0.382 bits per heavy atom. The van der Waals surface area contributed by atoms with E-state index in [-0.39, 0.29) is 5.48 Å². The summed E-state index contributed by atoms with van der Waals surface area (Å²) in [7, 11) is 0. The molecular formula is C38H38N6O9Re2. The summed E-state index contributed by atoms with van der Waals surface area (Å²) in [5.41, 5.74) is 18.6. The molecule has 6 rings (SSSR count). The van der Waals surface area contributed by atoms with E-state index in [0.717, 1.165) is 34.1 Å². The molecule has 0 amide bonds. The number of benzene rings is 6. The van der Waals surface area contributed by atoms with Crippen LogP contribution < -0.4 is 38.9 Å². The fourth-order valence-electron chi connectivity index (χ4n) is 4.61. The van der Waals surface area contributed by atoms with Gasteiger partial charge in [-0.2, -0.15) is 9.15 Å². The van der Waals surface area contributed by atoms with Crippen molar-refractivity contribution < 1.29 is 65.5 Å². The zero-order chi connectivity index (χ0) is 39.4. The summed E-state index contributed by atoms with van der Waals surface area (Å²) in [5.74, 6) is 1.12. The number of anilines is 2. The molecule has 6 aromatic carbocycles. The summed E-state index contributed by atoms with van der Waals surface area (Å²) in [5, 5.41) is 6.52. The van der Waals surface area contributed by atoms with Crippen LogP contribution >= 0.6 is 0 Å². The van der Waals surface area contributed by atoms with Crippen LogP contribution in [0.15, 0.2) is 182 Å². The molecular weight excluding hydrogens is 1060 g/mol. The second-order valence-corrected chi connectivity index (χ2v) is 16.0. The molecule has 0 aliphatic rings. The van der Waals surface area contributed by atoms with E-state index in [4.69, 9.17) is 39.9 Å². The maximum atomic E-state index is 8.64. The molecule has 0 atom stereocenters. The van der Waals surface area contributed by atoms with Crippen molar-refractivity contribution in [2.45, 2.75) is 0 Å². The molecule has 288 valence electrons. The predicted molar refractivity (Wildman–Crippen MR) is 195 cm³/mol. The number of nitrogens with zero attached hydrogens (tertiary/aromatic N) is 2. The van der Waals surface area contributed by atoms with E-state index < -0.39 is 31.6 Å². The summed E-state index contributed by atoms with van der Waals surface area (Å²) in [6, 6.07) is 60.1. The molecule has 0 aliphatic carbocycles. The molecule has 0 saturated carbocycles. The number of para-hydroxylation sites is 6. The Labute approximate surface area is 323 Å². The number of rotatable bonds is 6. The number of hydrogen-bond acceptors (Lipinski definition) is 8. The van der Waals surface area contributed by atoms with Crippen LogP contribution in [0.5, 0.6) is 0 Å². The van der Waals surface area contributed by atoms with Crippen LogP contribution in [0.1, 0.15) is 0 Å². The van der Waals surface area contributed by atoms with Crippen LogP contribution in [0.4, 0.5) is 34.1 Å². The molecule has 0 bridgehead atoms. The first-order chi connectivity index (χ1) is 25.7. The van der Waals surface area contributed by atoms with Gasteiger partial charge in [-0.1, -0.05) is 109 Å². The Bertz CT molecular complexity index is 2170. The third-order valence-corrected chi connectivity index (χ3v) is 6.63. The van der Waals surface area contributed by atoms with Gasteiger partial charge in [-0.3, -0.25) is 11.5 Å². The fourth-order valence-corrected chi connectivity index (χ4v) is 4.61. The van der Waals surface area contributed by atoms with E-state index in [1.54, 1.807) is 0 Å². The van der Waals surface area contributed by atoms with Crippen molar-refractivity contribution in [3.8, 4) is 0 Å². The van der Waals surface area contributed by atoms with E-state index in [2.05, 4.69) is 10.6 Å². The molecule has 0 heterocycles. The molecule has 15 nitrogen and oxygen atoms in total. The number of hydrogen-bond donors (Lipinski definition) is 4. The second kappa shape index (κ2) is 22.8. The second-order valence-electron chi connectivity index (χ2n) is 10.5. The van der Waals surface area contributed by atoms with Crippen LogP contribution in [0.3, 0.4) is 0 Å². The van der Waals surface area contributed by atoms with Crippen LogP contribution in [0.25, 0.3) is 0 Å². The Balaban J connectivity index is 0.000000301. The minimum absolute atomic E-state index is 0. The number of guanidine groups is 2. The van der Waals surface area contributed by atoms with Crippen molar-refractivity contribution in [3.05, 3.63) is 182 Å². The molecule has 0 unspecified atom stereocenters. The molecule has 17 heteroatoms. The first-order valence-electron chi connectivity index (χ1n) is 15.6. The van der Waals surface area contributed by atoms with E-state index in [1.807, 2.05) is 191 Å². The summed E-state index contributed by atoms with van der Waals surface area (Å²) in [4.78, 5) is 0. The first-order valence-corrected chi connectivity index (χ1v) is 24.5. The quantitative estimate of drug-likeness (QED) is 0.105. The van der Waals surface area contributed by atoms with Gasteiger partial charge in [0.15, 0.2) is 0 Å². The zero-order valence-corrected chi connectivity index (χ0v) is 34.3. The summed E-state index contributed by atoms with van der Waals surface area (Å²) >= 11 is -12.2. The van der Waals surface area contributed by atoms with Gasteiger partial charge in [-0.15, -0.1) is 0 Å². The van der Waals surface area contributed by atoms with Crippen molar-refractivity contribution in [1.29, 1.82) is 0 Å². The minimum atomic E-state index is -6.11. The van der Waals surface area contributed by atoms with Crippen molar-refractivity contribution in [3.63, 3.8) is 0 Å².